The smallest absolute Gasteiger partial charge is 0.394 e. The van der Waals surface area contributed by atoms with Crippen molar-refractivity contribution in [3.8, 4) is 0 Å². The van der Waals surface area contributed by atoms with E-state index < -0.39 is 23.9 Å². The van der Waals surface area contributed by atoms with Gasteiger partial charge >= 0.3 is 6.18 Å². The highest BCUT2D eigenvalue weighted by Gasteiger charge is 2.38. The van der Waals surface area contributed by atoms with Crippen molar-refractivity contribution in [3.63, 3.8) is 0 Å². The van der Waals surface area contributed by atoms with Crippen molar-refractivity contribution < 1.29 is 23.1 Å². The molecule has 120 valence electrons. The maximum Gasteiger partial charge on any atom is 0.450 e. The first-order valence-corrected chi connectivity index (χ1v) is 6.56. The molecular weight excluding hydrogens is 301 g/mol. The molecule has 0 saturated carbocycles. The maximum atomic E-state index is 13.0. The number of nitrogens with one attached hydrogen (secondary N) is 1. The van der Waals surface area contributed by atoms with E-state index in [0.717, 1.165) is 16.8 Å². The summed E-state index contributed by atoms with van der Waals surface area (Å²) in [5, 5.41) is 11.7. The largest absolute Gasteiger partial charge is 0.450 e. The number of fused-ring (bicyclic) bond motifs is 1. The number of alkyl halides is 3. The lowest BCUT2D eigenvalue weighted by Gasteiger charge is -2.19. The fourth-order valence-corrected chi connectivity index (χ4v) is 1.97. The summed E-state index contributed by atoms with van der Waals surface area (Å²) < 4.78 is 39.7. The number of rotatable bonds is 4. The van der Waals surface area contributed by atoms with E-state index in [-0.39, 0.29) is 23.7 Å². The minimum absolute atomic E-state index is 0.0484. The van der Waals surface area contributed by atoms with Crippen LogP contribution in [0.5, 0.6) is 0 Å². The maximum absolute atomic E-state index is 13.0. The van der Waals surface area contributed by atoms with Crippen LogP contribution < -0.4 is 5.32 Å². The molecule has 0 bridgehead atoms. The van der Waals surface area contributed by atoms with Crippen LogP contribution in [0.2, 0.25) is 0 Å². The van der Waals surface area contributed by atoms with Gasteiger partial charge in [-0.25, -0.2) is 4.98 Å². The average Bonchev–Trinajstić information content (AvgIpc) is 2.83. The quantitative estimate of drug-likeness (QED) is 0.896. The summed E-state index contributed by atoms with van der Waals surface area (Å²) in [4.78, 5) is 19.3. The number of carbonyl (C=O) groups is 1. The first kappa shape index (κ1) is 16.2. The van der Waals surface area contributed by atoms with Crippen LogP contribution >= 0.6 is 0 Å². The summed E-state index contributed by atoms with van der Waals surface area (Å²) in [5.74, 6) is -2.06. The summed E-state index contributed by atoms with van der Waals surface area (Å²) in [7, 11) is 0. The summed E-state index contributed by atoms with van der Waals surface area (Å²) in [5.41, 5.74) is -0.424. The predicted molar refractivity (Wildman–Crippen MR) is 71.2 cm³/mol. The van der Waals surface area contributed by atoms with Gasteiger partial charge in [-0.2, -0.15) is 13.2 Å². The second-order valence-corrected chi connectivity index (χ2v) is 5.12. The molecule has 0 radical (unpaired) electrons. The van der Waals surface area contributed by atoms with Crippen molar-refractivity contribution in [1.82, 2.24) is 19.7 Å². The van der Waals surface area contributed by atoms with Crippen LogP contribution in [0.25, 0.3) is 5.52 Å². The van der Waals surface area contributed by atoms with Gasteiger partial charge in [0.05, 0.1) is 24.4 Å². The van der Waals surface area contributed by atoms with Gasteiger partial charge in [-0.15, -0.1) is 0 Å². The number of carbonyl (C=O) groups excluding carboxylic acids is 1. The molecule has 0 fully saturated rings. The van der Waals surface area contributed by atoms with Gasteiger partial charge in [0, 0.05) is 12.4 Å². The summed E-state index contributed by atoms with van der Waals surface area (Å²) in [6.45, 7) is 3.23. The molecule has 2 aromatic heterocycles. The third-order valence-corrected chi connectivity index (χ3v) is 3.23. The number of hydrogen-bond acceptors (Lipinski definition) is 4. The van der Waals surface area contributed by atoms with Crippen molar-refractivity contribution in [2.24, 2.45) is 5.92 Å². The highest BCUT2D eigenvalue weighted by Crippen LogP contribution is 2.29. The number of aliphatic hydroxyl groups is 1. The van der Waals surface area contributed by atoms with Gasteiger partial charge in [0.25, 0.3) is 5.91 Å². The third kappa shape index (κ3) is 3.03. The van der Waals surface area contributed by atoms with Crippen LogP contribution in [0.1, 0.15) is 30.2 Å². The van der Waals surface area contributed by atoms with Crippen LogP contribution in [0.4, 0.5) is 13.2 Å². The monoisotopic (exact) mass is 316 g/mol. The van der Waals surface area contributed by atoms with E-state index in [1.165, 1.54) is 6.20 Å². The number of hydrogen-bond donors (Lipinski definition) is 2. The van der Waals surface area contributed by atoms with Crippen molar-refractivity contribution in [1.29, 1.82) is 0 Å². The van der Waals surface area contributed by atoms with Crippen molar-refractivity contribution in [3.05, 3.63) is 30.1 Å². The molecule has 0 aliphatic rings. The first-order chi connectivity index (χ1) is 10.3. The molecule has 0 saturated heterocycles. The van der Waals surface area contributed by atoms with Gasteiger partial charge < -0.3 is 10.4 Å². The molecule has 0 aromatic carbocycles. The lowest BCUT2D eigenvalue weighted by atomic mass is 10.1. The van der Waals surface area contributed by atoms with Crippen LogP contribution in [-0.4, -0.2) is 38.0 Å². The Balaban J connectivity index is 2.46. The molecule has 0 aliphatic heterocycles. The Kier molecular flexibility index (Phi) is 4.36. The van der Waals surface area contributed by atoms with Crippen molar-refractivity contribution in [2.75, 3.05) is 6.61 Å². The molecule has 2 aromatic rings. The van der Waals surface area contributed by atoms with E-state index in [1.54, 1.807) is 13.8 Å². The Morgan fingerprint density at radius 3 is 2.68 bits per heavy atom. The summed E-state index contributed by atoms with van der Waals surface area (Å²) in [6.07, 6.45) is -1.29. The highest BCUT2D eigenvalue weighted by atomic mass is 19.4. The molecule has 0 unspecified atom stereocenters. The van der Waals surface area contributed by atoms with Gasteiger partial charge in [0.1, 0.15) is 0 Å². The molecule has 6 nitrogen and oxygen atoms in total. The number of halogens is 3. The molecule has 9 heteroatoms. The number of amides is 1. The van der Waals surface area contributed by atoms with E-state index in [0.29, 0.717) is 0 Å². The second kappa shape index (κ2) is 5.91. The average molecular weight is 316 g/mol. The SMILES string of the molecule is CC(C)[C@@H](CO)NC(=O)c1nc(C(F)(F)F)n2ccncc12. The van der Waals surface area contributed by atoms with E-state index >= 15 is 0 Å². The molecular formula is C13H15F3N4O2. The Morgan fingerprint density at radius 1 is 1.45 bits per heavy atom. The van der Waals surface area contributed by atoms with Crippen LogP contribution in [0.15, 0.2) is 18.6 Å². The zero-order valence-corrected chi connectivity index (χ0v) is 11.9. The lowest BCUT2D eigenvalue weighted by Crippen LogP contribution is -2.41. The number of nitrogens with zero attached hydrogens (tertiary/aromatic N) is 3. The molecule has 1 amide bonds. The first-order valence-electron chi connectivity index (χ1n) is 6.56. The highest BCUT2D eigenvalue weighted by molar-refractivity contribution is 5.99. The molecule has 22 heavy (non-hydrogen) atoms. The van der Waals surface area contributed by atoms with Crippen LogP contribution in [0.3, 0.4) is 0 Å². The summed E-state index contributed by atoms with van der Waals surface area (Å²) in [6, 6.07) is -0.574. The van der Waals surface area contributed by atoms with E-state index in [9.17, 15) is 23.1 Å². The predicted octanol–water partition coefficient (Wildman–Crippen LogP) is 1.49. The van der Waals surface area contributed by atoms with Gasteiger partial charge in [0.2, 0.25) is 5.82 Å². The Hall–Kier alpha value is -2.16. The van der Waals surface area contributed by atoms with Crippen LogP contribution in [0, 0.1) is 5.92 Å². The number of aromatic nitrogens is 3. The minimum Gasteiger partial charge on any atom is -0.394 e. The lowest BCUT2D eigenvalue weighted by molar-refractivity contribution is -0.145. The fraction of sp³-hybridized carbons (Fsp3) is 0.462. The zero-order chi connectivity index (χ0) is 16.5. The van der Waals surface area contributed by atoms with E-state index in [4.69, 9.17) is 0 Å². The normalized spacial score (nSPS) is 13.6. The van der Waals surface area contributed by atoms with Gasteiger partial charge in [-0.3, -0.25) is 14.2 Å². The second-order valence-electron chi connectivity index (χ2n) is 5.12. The molecule has 0 aliphatic carbocycles. The van der Waals surface area contributed by atoms with E-state index in [1.807, 2.05) is 0 Å². The zero-order valence-electron chi connectivity index (χ0n) is 11.9. The Morgan fingerprint density at radius 2 is 2.14 bits per heavy atom. The van der Waals surface area contributed by atoms with Gasteiger partial charge in [-0.1, -0.05) is 13.8 Å². The van der Waals surface area contributed by atoms with E-state index in [2.05, 4.69) is 15.3 Å². The van der Waals surface area contributed by atoms with Crippen molar-refractivity contribution in [2.45, 2.75) is 26.1 Å². The summed E-state index contributed by atoms with van der Waals surface area (Å²) >= 11 is 0. The molecule has 1 atom stereocenters. The van der Waals surface area contributed by atoms with Gasteiger partial charge in [-0.05, 0) is 5.92 Å². The molecule has 2 rings (SSSR count). The molecule has 2 N–H and O–H groups in total. The fourth-order valence-electron chi connectivity index (χ4n) is 1.97. The molecule has 0 spiro atoms. The number of imidazole rings is 1. The minimum atomic E-state index is -4.70. The Bertz CT molecular complexity index is 681. The third-order valence-electron chi connectivity index (χ3n) is 3.23. The number of aliphatic hydroxyl groups excluding tert-OH is 1. The standard InChI is InChI=1S/C13H15F3N4O2/c1-7(2)8(6-21)18-11(22)10-9-5-17-3-4-20(9)12(19-10)13(14,15)16/h3-5,7-8,21H,6H2,1-2H3,(H,18,22)/t8-/m1/s1. The topological polar surface area (TPSA) is 79.5 Å². The molecule has 2 heterocycles. The van der Waals surface area contributed by atoms with Gasteiger partial charge in [0.15, 0.2) is 5.69 Å². The van der Waals surface area contributed by atoms with Crippen molar-refractivity contribution >= 4 is 11.4 Å². The Labute approximate surface area is 124 Å². The van der Waals surface area contributed by atoms with Crippen LogP contribution in [-0.2, 0) is 6.18 Å².